The van der Waals surface area contributed by atoms with Gasteiger partial charge in [-0.1, -0.05) is 0 Å². The van der Waals surface area contributed by atoms with E-state index in [-0.39, 0.29) is 18.4 Å². The van der Waals surface area contributed by atoms with Gasteiger partial charge in [0.15, 0.2) is 0 Å². The monoisotopic (exact) mass is 243 g/mol. The van der Waals surface area contributed by atoms with Crippen LogP contribution in [-0.2, 0) is 14.3 Å². The summed E-state index contributed by atoms with van der Waals surface area (Å²) in [5, 5.41) is 5.76. The van der Waals surface area contributed by atoms with Crippen LogP contribution in [0.15, 0.2) is 0 Å². The molecule has 1 saturated heterocycles. The van der Waals surface area contributed by atoms with E-state index >= 15 is 0 Å². The Morgan fingerprint density at radius 1 is 1.35 bits per heavy atom. The summed E-state index contributed by atoms with van der Waals surface area (Å²) in [7, 11) is 1.47. The Kier molecular flexibility index (Phi) is 4.89. The van der Waals surface area contributed by atoms with E-state index < -0.39 is 5.60 Å². The zero-order chi connectivity index (χ0) is 12.9. The van der Waals surface area contributed by atoms with Crippen molar-refractivity contribution in [1.29, 1.82) is 0 Å². The highest BCUT2D eigenvalue weighted by atomic mass is 16.5. The molecule has 0 radical (unpaired) electrons. The molecule has 1 fully saturated rings. The van der Waals surface area contributed by atoms with E-state index in [1.807, 2.05) is 0 Å². The number of methoxy groups -OCH3 is 1. The lowest BCUT2D eigenvalue weighted by molar-refractivity contribution is -0.142. The molecule has 1 aliphatic heterocycles. The molecular formula is C11H21N3O3. The molecule has 0 atom stereocenters. The molecule has 0 spiro atoms. The molecule has 0 aromatic carbocycles. The summed E-state index contributed by atoms with van der Waals surface area (Å²) in [6.07, 6.45) is 0. The van der Waals surface area contributed by atoms with E-state index in [0.29, 0.717) is 13.1 Å². The van der Waals surface area contributed by atoms with Gasteiger partial charge in [0, 0.05) is 33.3 Å². The number of hydrogen-bond donors (Lipinski definition) is 2. The number of nitrogens with one attached hydrogen (secondary N) is 2. The molecule has 1 aliphatic rings. The van der Waals surface area contributed by atoms with Crippen molar-refractivity contribution in [3.05, 3.63) is 0 Å². The van der Waals surface area contributed by atoms with Gasteiger partial charge in [-0.05, 0) is 13.8 Å². The maximum Gasteiger partial charge on any atom is 0.252 e. The molecule has 0 aromatic heterocycles. The Hall–Kier alpha value is -1.14. The molecule has 0 unspecified atom stereocenters. The van der Waals surface area contributed by atoms with Crippen LogP contribution in [0.5, 0.6) is 0 Å². The molecule has 6 nitrogen and oxygen atoms in total. The molecule has 98 valence electrons. The highest BCUT2D eigenvalue weighted by Crippen LogP contribution is 2.06. The molecule has 0 saturated carbocycles. The normalized spacial score (nSPS) is 16.8. The predicted molar refractivity (Wildman–Crippen MR) is 63.5 cm³/mol. The predicted octanol–water partition coefficient (Wildman–Crippen LogP) is -1.04. The summed E-state index contributed by atoms with van der Waals surface area (Å²) in [4.78, 5) is 25.2. The highest BCUT2D eigenvalue weighted by molar-refractivity contribution is 5.89. The van der Waals surface area contributed by atoms with Gasteiger partial charge >= 0.3 is 0 Å². The molecule has 6 heteroatoms. The smallest absolute Gasteiger partial charge is 0.252 e. The van der Waals surface area contributed by atoms with E-state index in [0.717, 1.165) is 13.1 Å². The van der Waals surface area contributed by atoms with Crippen LogP contribution in [0.1, 0.15) is 13.8 Å². The van der Waals surface area contributed by atoms with E-state index in [1.54, 1.807) is 18.7 Å². The van der Waals surface area contributed by atoms with Gasteiger partial charge in [-0.25, -0.2) is 0 Å². The molecule has 0 aromatic rings. The Morgan fingerprint density at radius 3 is 2.47 bits per heavy atom. The SMILES string of the molecule is COC(C)(C)C(=O)NCC(=O)N1CCNCC1. The second kappa shape index (κ2) is 5.97. The average Bonchev–Trinajstić information content (AvgIpc) is 2.36. The van der Waals surface area contributed by atoms with E-state index in [9.17, 15) is 9.59 Å². The number of hydrogen-bond acceptors (Lipinski definition) is 4. The lowest BCUT2D eigenvalue weighted by Crippen LogP contribution is -2.51. The second-order valence-corrected chi connectivity index (χ2v) is 4.53. The highest BCUT2D eigenvalue weighted by Gasteiger charge is 2.27. The molecule has 2 N–H and O–H groups in total. The van der Waals surface area contributed by atoms with Gasteiger partial charge in [-0.3, -0.25) is 9.59 Å². The molecule has 1 rings (SSSR count). The topological polar surface area (TPSA) is 70.7 Å². The van der Waals surface area contributed by atoms with Crippen molar-refractivity contribution in [2.45, 2.75) is 19.4 Å². The minimum Gasteiger partial charge on any atom is -0.369 e. The maximum absolute atomic E-state index is 11.8. The van der Waals surface area contributed by atoms with Crippen molar-refractivity contribution in [2.24, 2.45) is 0 Å². The van der Waals surface area contributed by atoms with Gasteiger partial charge in [-0.2, -0.15) is 0 Å². The first kappa shape index (κ1) is 13.9. The first-order valence-corrected chi connectivity index (χ1v) is 5.79. The van der Waals surface area contributed by atoms with Crippen LogP contribution >= 0.6 is 0 Å². The zero-order valence-corrected chi connectivity index (χ0v) is 10.7. The van der Waals surface area contributed by atoms with Gasteiger partial charge in [0.1, 0.15) is 5.60 Å². The Bertz CT molecular complexity index is 286. The summed E-state index contributed by atoms with van der Waals surface area (Å²) in [6.45, 7) is 6.37. The van der Waals surface area contributed by atoms with E-state index in [1.165, 1.54) is 7.11 Å². The fourth-order valence-corrected chi connectivity index (χ4v) is 1.49. The van der Waals surface area contributed by atoms with Gasteiger partial charge in [0.2, 0.25) is 5.91 Å². The van der Waals surface area contributed by atoms with Crippen molar-refractivity contribution < 1.29 is 14.3 Å². The minimum atomic E-state index is -0.899. The van der Waals surface area contributed by atoms with Crippen LogP contribution in [0, 0.1) is 0 Å². The van der Waals surface area contributed by atoms with Crippen LogP contribution in [0.3, 0.4) is 0 Å². The van der Waals surface area contributed by atoms with Gasteiger partial charge < -0.3 is 20.3 Å². The van der Waals surface area contributed by atoms with Crippen molar-refractivity contribution in [2.75, 3.05) is 39.8 Å². The van der Waals surface area contributed by atoms with Crippen molar-refractivity contribution >= 4 is 11.8 Å². The number of carbonyl (C=O) groups is 2. The van der Waals surface area contributed by atoms with Crippen molar-refractivity contribution in [1.82, 2.24) is 15.5 Å². The Balaban J connectivity index is 2.35. The van der Waals surface area contributed by atoms with Crippen LogP contribution in [0.25, 0.3) is 0 Å². The number of nitrogens with zero attached hydrogens (tertiary/aromatic N) is 1. The second-order valence-electron chi connectivity index (χ2n) is 4.53. The maximum atomic E-state index is 11.8. The number of rotatable bonds is 4. The lowest BCUT2D eigenvalue weighted by atomic mass is 10.1. The Morgan fingerprint density at radius 2 is 1.94 bits per heavy atom. The van der Waals surface area contributed by atoms with Gasteiger partial charge in [-0.15, -0.1) is 0 Å². The quantitative estimate of drug-likeness (QED) is 0.661. The summed E-state index contributed by atoms with van der Waals surface area (Å²) in [5.41, 5.74) is -0.899. The van der Waals surface area contributed by atoms with Gasteiger partial charge in [0.25, 0.3) is 5.91 Å². The average molecular weight is 243 g/mol. The summed E-state index contributed by atoms with van der Waals surface area (Å²) in [6, 6.07) is 0. The molecule has 17 heavy (non-hydrogen) atoms. The summed E-state index contributed by atoms with van der Waals surface area (Å²) in [5.74, 6) is -0.324. The third kappa shape index (κ3) is 3.98. The van der Waals surface area contributed by atoms with Crippen LogP contribution in [0.2, 0.25) is 0 Å². The number of ether oxygens (including phenoxy) is 1. The molecule has 0 aliphatic carbocycles. The third-order valence-corrected chi connectivity index (χ3v) is 2.93. The molecule has 0 bridgehead atoms. The van der Waals surface area contributed by atoms with Crippen LogP contribution < -0.4 is 10.6 Å². The van der Waals surface area contributed by atoms with E-state index in [4.69, 9.17) is 4.74 Å². The fourth-order valence-electron chi connectivity index (χ4n) is 1.49. The van der Waals surface area contributed by atoms with Crippen LogP contribution in [0.4, 0.5) is 0 Å². The molecular weight excluding hydrogens is 222 g/mol. The Labute approximate surface area is 102 Å². The number of amides is 2. The van der Waals surface area contributed by atoms with Crippen molar-refractivity contribution in [3.8, 4) is 0 Å². The van der Waals surface area contributed by atoms with Gasteiger partial charge in [0.05, 0.1) is 6.54 Å². The van der Waals surface area contributed by atoms with E-state index in [2.05, 4.69) is 10.6 Å². The lowest BCUT2D eigenvalue weighted by Gasteiger charge is -2.28. The first-order valence-electron chi connectivity index (χ1n) is 5.79. The van der Waals surface area contributed by atoms with Crippen molar-refractivity contribution in [3.63, 3.8) is 0 Å². The zero-order valence-electron chi connectivity index (χ0n) is 10.7. The van der Waals surface area contributed by atoms with Crippen LogP contribution in [-0.4, -0.2) is 62.1 Å². The summed E-state index contributed by atoms with van der Waals surface area (Å²) < 4.78 is 5.03. The third-order valence-electron chi connectivity index (χ3n) is 2.93. The number of piperazine rings is 1. The minimum absolute atomic E-state index is 0.0334. The fraction of sp³-hybridized carbons (Fsp3) is 0.818. The number of carbonyl (C=O) groups excluding carboxylic acids is 2. The molecule has 1 heterocycles. The largest absolute Gasteiger partial charge is 0.369 e. The summed E-state index contributed by atoms with van der Waals surface area (Å²) >= 11 is 0. The molecule has 2 amide bonds. The first-order chi connectivity index (χ1) is 7.97. The standard InChI is InChI=1S/C11H21N3O3/c1-11(2,17-3)10(16)13-8-9(15)14-6-4-12-5-7-14/h12H,4-8H2,1-3H3,(H,13,16).